The molecule has 1 aromatic carbocycles. The second-order valence-electron chi connectivity index (χ2n) is 14.9. The van der Waals surface area contributed by atoms with Gasteiger partial charge in [0, 0.05) is 70.2 Å². The molecule has 4 heterocycles. The first-order valence-electron chi connectivity index (χ1n) is 17.3. The number of amides is 3. The summed E-state index contributed by atoms with van der Waals surface area (Å²) in [6, 6.07) is 11.0. The number of carbonyl (C=O) groups is 2. The van der Waals surface area contributed by atoms with Crippen LogP contribution in [0.1, 0.15) is 96.1 Å². The topological polar surface area (TPSA) is 65.1 Å². The van der Waals surface area contributed by atoms with Gasteiger partial charge in [-0.1, -0.05) is 44.2 Å². The van der Waals surface area contributed by atoms with Gasteiger partial charge >= 0.3 is 6.03 Å². The standard InChI is InChI=1S/C35H52F2N4O3/c1-25(2)22-41-33(43)39(23-26-13-18-44-19-14-26)24-34(41)20-29-8-9-30(21-34)40(29)17-12-31(27-6-4-3-5-7-27)38-32(42)28-10-15-35(36,37)16-11-28/h3-7,25-26,28-31H,8-24H2,1-2H3,(H,38,42). The number of rotatable bonds is 10. The Morgan fingerprint density at radius 1 is 1.00 bits per heavy atom. The van der Waals surface area contributed by atoms with E-state index in [4.69, 9.17) is 4.74 Å². The number of hydrogen-bond donors (Lipinski definition) is 1. The molecule has 1 saturated carbocycles. The lowest BCUT2D eigenvalue weighted by Crippen LogP contribution is -2.59. The predicted molar refractivity (Wildman–Crippen MR) is 166 cm³/mol. The van der Waals surface area contributed by atoms with Crippen molar-refractivity contribution in [2.75, 3.05) is 39.4 Å². The van der Waals surface area contributed by atoms with E-state index in [0.717, 1.165) is 89.9 Å². The lowest BCUT2D eigenvalue weighted by Gasteiger charge is -2.48. The number of hydrogen-bond acceptors (Lipinski definition) is 4. The summed E-state index contributed by atoms with van der Waals surface area (Å²) in [5.41, 5.74) is 0.960. The Morgan fingerprint density at radius 3 is 2.30 bits per heavy atom. The van der Waals surface area contributed by atoms with Crippen molar-refractivity contribution in [3.05, 3.63) is 35.9 Å². The fraction of sp³-hybridized carbons (Fsp3) is 0.771. The molecular formula is C35H52F2N4O3. The van der Waals surface area contributed by atoms with Gasteiger partial charge < -0.3 is 19.9 Å². The van der Waals surface area contributed by atoms with E-state index in [1.54, 1.807) is 0 Å². The first-order valence-corrected chi connectivity index (χ1v) is 17.3. The molecule has 3 atom stereocenters. The predicted octanol–water partition coefficient (Wildman–Crippen LogP) is 6.25. The summed E-state index contributed by atoms with van der Waals surface area (Å²) in [4.78, 5) is 34.2. The maximum absolute atomic E-state index is 13.9. The van der Waals surface area contributed by atoms with Gasteiger partial charge in [-0.3, -0.25) is 9.69 Å². The second kappa shape index (κ2) is 13.2. The van der Waals surface area contributed by atoms with Crippen molar-refractivity contribution >= 4 is 11.9 Å². The van der Waals surface area contributed by atoms with Crippen LogP contribution in [-0.4, -0.2) is 89.6 Å². The Bertz CT molecular complexity index is 1120. The van der Waals surface area contributed by atoms with Crippen LogP contribution >= 0.6 is 0 Å². The fourth-order valence-electron chi connectivity index (χ4n) is 8.91. The Hall–Kier alpha value is -2.26. The van der Waals surface area contributed by atoms with E-state index >= 15 is 0 Å². The Morgan fingerprint density at radius 2 is 1.66 bits per heavy atom. The highest BCUT2D eigenvalue weighted by Crippen LogP contribution is 2.47. The summed E-state index contributed by atoms with van der Waals surface area (Å²) < 4.78 is 33.1. The summed E-state index contributed by atoms with van der Waals surface area (Å²) in [7, 11) is 0. The van der Waals surface area contributed by atoms with Crippen LogP contribution in [0.15, 0.2) is 30.3 Å². The maximum atomic E-state index is 13.9. The molecule has 1 spiro atoms. The van der Waals surface area contributed by atoms with Crippen LogP contribution in [-0.2, 0) is 9.53 Å². The molecule has 244 valence electrons. The SMILES string of the molecule is CC(C)CN1C(=O)N(CC2CCOCC2)CC12CC1CCC(C2)N1CCC(NC(=O)C1CCC(F)(F)CC1)c1ccccc1. The third-order valence-corrected chi connectivity index (χ3v) is 11.2. The number of fused-ring (bicyclic) bond motifs is 2. The number of carbonyl (C=O) groups excluding carboxylic acids is 2. The lowest BCUT2D eigenvalue weighted by molar-refractivity contribution is -0.130. The normalized spacial score (nSPS) is 30.4. The van der Waals surface area contributed by atoms with E-state index in [1.807, 2.05) is 18.2 Å². The van der Waals surface area contributed by atoms with Crippen molar-refractivity contribution in [2.45, 2.75) is 114 Å². The smallest absolute Gasteiger partial charge is 0.320 e. The zero-order valence-electron chi connectivity index (χ0n) is 26.7. The van der Waals surface area contributed by atoms with E-state index < -0.39 is 5.92 Å². The highest BCUT2D eigenvalue weighted by molar-refractivity contribution is 5.79. The van der Waals surface area contributed by atoms with Gasteiger partial charge in [-0.05, 0) is 75.2 Å². The van der Waals surface area contributed by atoms with E-state index in [0.29, 0.717) is 23.9 Å². The first kappa shape index (κ1) is 31.7. The van der Waals surface area contributed by atoms with Gasteiger partial charge in [0.15, 0.2) is 0 Å². The molecule has 2 bridgehead atoms. The molecule has 4 saturated heterocycles. The summed E-state index contributed by atoms with van der Waals surface area (Å²) in [5, 5.41) is 3.27. The number of alkyl halides is 2. The van der Waals surface area contributed by atoms with Gasteiger partial charge in [0.25, 0.3) is 0 Å². The van der Waals surface area contributed by atoms with E-state index in [2.05, 4.69) is 46.0 Å². The quantitative estimate of drug-likeness (QED) is 0.339. The van der Waals surface area contributed by atoms with Gasteiger partial charge in [-0.15, -0.1) is 0 Å². The van der Waals surface area contributed by atoms with Gasteiger partial charge in [0.05, 0.1) is 11.6 Å². The molecule has 3 amide bonds. The molecule has 0 radical (unpaired) electrons. The van der Waals surface area contributed by atoms with E-state index in [-0.39, 0.29) is 55.1 Å². The number of ether oxygens (including phenoxy) is 1. The van der Waals surface area contributed by atoms with Gasteiger partial charge in [-0.2, -0.15) is 0 Å². The summed E-state index contributed by atoms with van der Waals surface area (Å²) in [6.45, 7) is 9.37. The van der Waals surface area contributed by atoms with Gasteiger partial charge in [0.2, 0.25) is 11.8 Å². The minimum absolute atomic E-state index is 0.0895. The Labute approximate surface area is 262 Å². The minimum Gasteiger partial charge on any atom is -0.381 e. The molecule has 3 unspecified atom stereocenters. The van der Waals surface area contributed by atoms with Crippen molar-refractivity contribution in [3.63, 3.8) is 0 Å². The van der Waals surface area contributed by atoms with Crippen molar-refractivity contribution in [2.24, 2.45) is 17.8 Å². The van der Waals surface area contributed by atoms with Crippen molar-refractivity contribution in [3.8, 4) is 0 Å². The average Bonchev–Trinajstić information content (AvgIpc) is 3.39. The maximum Gasteiger partial charge on any atom is 0.320 e. The zero-order chi connectivity index (χ0) is 30.9. The molecule has 4 aliphatic heterocycles. The Kier molecular flexibility index (Phi) is 9.53. The summed E-state index contributed by atoms with van der Waals surface area (Å²) in [6.07, 6.45) is 7.23. The molecule has 9 heteroatoms. The number of piperidine rings is 1. The molecule has 5 fully saturated rings. The van der Waals surface area contributed by atoms with Crippen LogP contribution in [0.2, 0.25) is 0 Å². The fourth-order valence-corrected chi connectivity index (χ4v) is 8.91. The molecule has 6 rings (SSSR count). The summed E-state index contributed by atoms with van der Waals surface area (Å²) >= 11 is 0. The van der Waals surface area contributed by atoms with E-state index in [9.17, 15) is 18.4 Å². The molecular weight excluding hydrogens is 562 g/mol. The highest BCUT2D eigenvalue weighted by Gasteiger charge is 2.57. The zero-order valence-corrected chi connectivity index (χ0v) is 26.7. The number of nitrogens with zero attached hydrogens (tertiary/aromatic N) is 3. The number of benzene rings is 1. The number of halogens is 2. The monoisotopic (exact) mass is 614 g/mol. The van der Waals surface area contributed by atoms with Crippen LogP contribution in [0, 0.1) is 17.8 Å². The van der Waals surface area contributed by atoms with Crippen molar-refractivity contribution in [1.29, 1.82) is 0 Å². The Balaban J connectivity index is 1.12. The number of urea groups is 1. The van der Waals surface area contributed by atoms with Crippen LogP contribution in [0.4, 0.5) is 13.6 Å². The largest absolute Gasteiger partial charge is 0.381 e. The van der Waals surface area contributed by atoms with Crippen LogP contribution < -0.4 is 5.32 Å². The molecule has 0 aromatic heterocycles. The molecule has 1 aromatic rings. The molecule has 7 nitrogen and oxygen atoms in total. The minimum atomic E-state index is -2.64. The van der Waals surface area contributed by atoms with E-state index in [1.165, 1.54) is 0 Å². The van der Waals surface area contributed by atoms with Crippen molar-refractivity contribution < 1.29 is 23.1 Å². The number of nitrogens with one attached hydrogen (secondary N) is 1. The van der Waals surface area contributed by atoms with Crippen LogP contribution in [0.5, 0.6) is 0 Å². The third kappa shape index (κ3) is 6.93. The molecule has 44 heavy (non-hydrogen) atoms. The van der Waals surface area contributed by atoms with Crippen LogP contribution in [0.3, 0.4) is 0 Å². The molecule has 1 aliphatic carbocycles. The van der Waals surface area contributed by atoms with Crippen LogP contribution in [0.25, 0.3) is 0 Å². The lowest BCUT2D eigenvalue weighted by atomic mass is 9.81. The molecule has 1 N–H and O–H groups in total. The first-order chi connectivity index (χ1) is 21.1. The summed E-state index contributed by atoms with van der Waals surface area (Å²) in [5.74, 6) is -2.14. The second-order valence-corrected chi connectivity index (χ2v) is 14.9. The third-order valence-electron chi connectivity index (χ3n) is 11.2. The van der Waals surface area contributed by atoms with Gasteiger partial charge in [0.1, 0.15) is 0 Å². The van der Waals surface area contributed by atoms with Gasteiger partial charge in [-0.25, -0.2) is 13.6 Å². The molecule has 5 aliphatic rings. The highest BCUT2D eigenvalue weighted by atomic mass is 19.3. The van der Waals surface area contributed by atoms with Crippen molar-refractivity contribution in [1.82, 2.24) is 20.0 Å². The average molecular weight is 615 g/mol.